The summed E-state index contributed by atoms with van der Waals surface area (Å²) in [6.07, 6.45) is 0.353. The average molecular weight is 253 g/mol. The number of nitro benzene ring substituents is 1. The number of nitrogens with zero attached hydrogens (tertiary/aromatic N) is 2. The second-order valence-corrected chi connectivity index (χ2v) is 3.93. The van der Waals surface area contributed by atoms with E-state index in [1.165, 1.54) is 6.07 Å². The summed E-state index contributed by atoms with van der Waals surface area (Å²) in [5.74, 6) is 0. The molecule has 19 heavy (non-hydrogen) atoms. The van der Waals surface area contributed by atoms with Gasteiger partial charge in [-0.25, -0.2) is 0 Å². The summed E-state index contributed by atoms with van der Waals surface area (Å²) in [7, 11) is 0. The van der Waals surface area contributed by atoms with Crippen LogP contribution in [0.5, 0.6) is 0 Å². The van der Waals surface area contributed by atoms with E-state index in [0.29, 0.717) is 12.1 Å². The summed E-state index contributed by atoms with van der Waals surface area (Å²) >= 11 is 0. The zero-order valence-electron chi connectivity index (χ0n) is 10.0. The average Bonchev–Trinajstić information content (AvgIpc) is 2.42. The van der Waals surface area contributed by atoms with Gasteiger partial charge in [0.05, 0.1) is 17.4 Å². The third kappa shape index (κ3) is 3.07. The van der Waals surface area contributed by atoms with Crippen molar-refractivity contribution in [3.63, 3.8) is 0 Å². The molecule has 5 heteroatoms. The Bertz CT molecular complexity index is 630. The van der Waals surface area contributed by atoms with E-state index in [-0.39, 0.29) is 5.69 Å². The second-order valence-electron chi connectivity index (χ2n) is 3.93. The smallest absolute Gasteiger partial charge is 0.292 e. The third-order valence-corrected chi connectivity index (χ3v) is 2.62. The number of rotatable bonds is 4. The molecule has 2 aromatic rings. The zero-order valence-corrected chi connectivity index (χ0v) is 10.0. The topological polar surface area (TPSA) is 79.0 Å². The van der Waals surface area contributed by atoms with Gasteiger partial charge in [-0.1, -0.05) is 24.3 Å². The molecule has 2 aromatic carbocycles. The molecule has 0 saturated heterocycles. The van der Waals surface area contributed by atoms with Gasteiger partial charge in [0.2, 0.25) is 0 Å². The maximum Gasteiger partial charge on any atom is 0.292 e. The molecule has 0 amide bonds. The molecule has 0 aliphatic carbocycles. The van der Waals surface area contributed by atoms with Crippen molar-refractivity contribution in [2.24, 2.45) is 0 Å². The quantitative estimate of drug-likeness (QED) is 0.669. The fourth-order valence-electron chi connectivity index (χ4n) is 1.69. The highest BCUT2D eigenvalue weighted by Gasteiger charge is 2.11. The summed E-state index contributed by atoms with van der Waals surface area (Å²) < 4.78 is 0. The van der Waals surface area contributed by atoms with Crippen molar-refractivity contribution in [2.75, 3.05) is 5.32 Å². The molecular formula is C14H11N3O2. The number of nitro groups is 1. The van der Waals surface area contributed by atoms with Crippen molar-refractivity contribution in [1.82, 2.24) is 0 Å². The van der Waals surface area contributed by atoms with Gasteiger partial charge in [-0.2, -0.15) is 5.26 Å². The molecule has 0 bridgehead atoms. The Morgan fingerprint density at radius 3 is 2.47 bits per heavy atom. The molecule has 0 aromatic heterocycles. The Morgan fingerprint density at radius 1 is 1.16 bits per heavy atom. The Balaban J connectivity index is 2.22. The van der Waals surface area contributed by atoms with Crippen LogP contribution in [0.4, 0.5) is 17.1 Å². The van der Waals surface area contributed by atoms with Crippen molar-refractivity contribution in [3.05, 3.63) is 64.2 Å². The van der Waals surface area contributed by atoms with Crippen LogP contribution in [-0.2, 0) is 6.42 Å². The largest absolute Gasteiger partial charge is 0.350 e. The lowest BCUT2D eigenvalue weighted by Gasteiger charge is -2.07. The van der Waals surface area contributed by atoms with Gasteiger partial charge in [-0.3, -0.25) is 10.1 Å². The third-order valence-electron chi connectivity index (χ3n) is 2.62. The van der Waals surface area contributed by atoms with Gasteiger partial charge in [-0.05, 0) is 23.8 Å². The first-order chi connectivity index (χ1) is 9.20. The lowest BCUT2D eigenvalue weighted by Crippen LogP contribution is -1.96. The highest BCUT2D eigenvalue weighted by Crippen LogP contribution is 2.26. The van der Waals surface area contributed by atoms with Crippen LogP contribution in [0.25, 0.3) is 0 Å². The zero-order chi connectivity index (χ0) is 13.7. The number of hydrogen-bond acceptors (Lipinski definition) is 4. The van der Waals surface area contributed by atoms with Gasteiger partial charge >= 0.3 is 0 Å². The lowest BCUT2D eigenvalue weighted by molar-refractivity contribution is -0.383. The standard InChI is InChI=1S/C14H11N3O2/c15-10-9-11-5-7-12(8-6-11)16-13-3-1-2-4-14(13)17(18)19/h1-8,16H,9H2. The Kier molecular flexibility index (Phi) is 3.74. The molecule has 0 spiro atoms. The van der Waals surface area contributed by atoms with Crippen molar-refractivity contribution in [3.8, 4) is 6.07 Å². The minimum atomic E-state index is -0.424. The van der Waals surface area contributed by atoms with Crippen LogP contribution in [0.15, 0.2) is 48.5 Å². The van der Waals surface area contributed by atoms with Gasteiger partial charge < -0.3 is 5.32 Å². The molecule has 0 fully saturated rings. The summed E-state index contributed by atoms with van der Waals surface area (Å²) in [5.41, 5.74) is 2.13. The van der Waals surface area contributed by atoms with Crippen molar-refractivity contribution >= 4 is 17.1 Å². The van der Waals surface area contributed by atoms with Crippen LogP contribution in [-0.4, -0.2) is 4.92 Å². The molecule has 0 heterocycles. The van der Waals surface area contributed by atoms with E-state index in [2.05, 4.69) is 11.4 Å². The van der Waals surface area contributed by atoms with Gasteiger partial charge in [0.1, 0.15) is 5.69 Å². The number of nitrogens with one attached hydrogen (secondary N) is 1. The van der Waals surface area contributed by atoms with Crippen LogP contribution in [0.2, 0.25) is 0 Å². The van der Waals surface area contributed by atoms with Gasteiger partial charge in [0, 0.05) is 11.8 Å². The minimum absolute atomic E-state index is 0.0311. The predicted octanol–water partition coefficient (Wildman–Crippen LogP) is 3.40. The molecule has 0 unspecified atom stereocenters. The monoisotopic (exact) mass is 253 g/mol. The molecule has 94 valence electrons. The fourth-order valence-corrected chi connectivity index (χ4v) is 1.69. The van der Waals surface area contributed by atoms with Gasteiger partial charge in [0.25, 0.3) is 5.69 Å². The summed E-state index contributed by atoms with van der Waals surface area (Å²) in [5, 5.41) is 22.5. The molecule has 0 aliphatic rings. The van der Waals surface area contributed by atoms with Crippen LogP contribution < -0.4 is 5.32 Å². The molecule has 2 rings (SSSR count). The fraction of sp³-hybridized carbons (Fsp3) is 0.0714. The number of anilines is 2. The SMILES string of the molecule is N#CCc1ccc(Nc2ccccc2[N+](=O)[O-])cc1. The van der Waals surface area contributed by atoms with Crippen LogP contribution in [0.3, 0.4) is 0 Å². The normalized spacial score (nSPS) is 9.63. The highest BCUT2D eigenvalue weighted by molar-refractivity contribution is 5.69. The Labute approximate surface area is 110 Å². The molecule has 0 radical (unpaired) electrons. The highest BCUT2D eigenvalue weighted by atomic mass is 16.6. The molecule has 5 nitrogen and oxygen atoms in total. The summed E-state index contributed by atoms with van der Waals surface area (Å²) in [6, 6.07) is 15.8. The van der Waals surface area contributed by atoms with E-state index in [0.717, 1.165) is 11.3 Å². The first kappa shape index (κ1) is 12.6. The van der Waals surface area contributed by atoms with Crippen LogP contribution >= 0.6 is 0 Å². The molecule has 0 atom stereocenters. The Morgan fingerprint density at radius 2 is 1.84 bits per heavy atom. The van der Waals surface area contributed by atoms with Gasteiger partial charge in [-0.15, -0.1) is 0 Å². The first-order valence-corrected chi connectivity index (χ1v) is 5.67. The number of benzene rings is 2. The molecular weight excluding hydrogens is 242 g/mol. The van der Waals surface area contributed by atoms with Crippen LogP contribution in [0.1, 0.15) is 5.56 Å². The summed E-state index contributed by atoms with van der Waals surface area (Å²) in [4.78, 5) is 10.5. The maximum atomic E-state index is 10.9. The predicted molar refractivity (Wildman–Crippen MR) is 72.1 cm³/mol. The Hall–Kier alpha value is -2.87. The van der Waals surface area contributed by atoms with Crippen molar-refractivity contribution in [1.29, 1.82) is 5.26 Å². The van der Waals surface area contributed by atoms with E-state index >= 15 is 0 Å². The molecule has 1 N–H and O–H groups in total. The van der Waals surface area contributed by atoms with E-state index in [9.17, 15) is 10.1 Å². The van der Waals surface area contributed by atoms with E-state index < -0.39 is 4.92 Å². The van der Waals surface area contributed by atoms with E-state index in [1.807, 2.05) is 12.1 Å². The van der Waals surface area contributed by atoms with E-state index in [1.54, 1.807) is 30.3 Å². The maximum absolute atomic E-state index is 10.9. The molecule has 0 aliphatic heterocycles. The lowest BCUT2D eigenvalue weighted by atomic mass is 10.1. The van der Waals surface area contributed by atoms with Crippen molar-refractivity contribution in [2.45, 2.75) is 6.42 Å². The van der Waals surface area contributed by atoms with Crippen LogP contribution in [0, 0.1) is 21.4 Å². The summed E-state index contributed by atoms with van der Waals surface area (Å²) in [6.45, 7) is 0. The number of para-hydroxylation sites is 2. The minimum Gasteiger partial charge on any atom is -0.350 e. The van der Waals surface area contributed by atoms with E-state index in [4.69, 9.17) is 5.26 Å². The van der Waals surface area contributed by atoms with Gasteiger partial charge in [0.15, 0.2) is 0 Å². The second kappa shape index (κ2) is 5.65. The van der Waals surface area contributed by atoms with Crippen molar-refractivity contribution < 1.29 is 4.92 Å². The number of nitriles is 1. The molecule has 0 saturated carbocycles. The number of hydrogen-bond donors (Lipinski definition) is 1. The first-order valence-electron chi connectivity index (χ1n) is 5.67.